The van der Waals surface area contributed by atoms with Gasteiger partial charge < -0.3 is 10.0 Å². The first-order valence-electron chi connectivity index (χ1n) is 7.56. The van der Waals surface area contributed by atoms with Gasteiger partial charge >= 0.3 is 5.97 Å². The van der Waals surface area contributed by atoms with E-state index in [9.17, 15) is 9.59 Å². The molecule has 0 radical (unpaired) electrons. The summed E-state index contributed by atoms with van der Waals surface area (Å²) in [5, 5.41) is 9.01. The fourth-order valence-electron chi connectivity index (χ4n) is 2.51. The third-order valence-corrected chi connectivity index (χ3v) is 3.77. The molecular weight excluding hydrogens is 266 g/mol. The van der Waals surface area contributed by atoms with E-state index >= 15 is 0 Å². The van der Waals surface area contributed by atoms with Crippen molar-refractivity contribution in [3.63, 3.8) is 0 Å². The average molecular weight is 291 g/mol. The van der Waals surface area contributed by atoms with Gasteiger partial charge in [-0.3, -0.25) is 9.59 Å². The third-order valence-electron chi connectivity index (χ3n) is 3.77. The minimum atomic E-state index is -0.965. The molecule has 2 atom stereocenters. The summed E-state index contributed by atoms with van der Waals surface area (Å²) in [5.74, 6) is -1.15. The van der Waals surface area contributed by atoms with Gasteiger partial charge in [0, 0.05) is 6.54 Å². The smallest absolute Gasteiger partial charge is 0.323 e. The number of amides is 1. The number of hydrogen-bond donors (Lipinski definition) is 1. The fraction of sp³-hybridized carbons (Fsp3) is 0.529. The van der Waals surface area contributed by atoms with Crippen molar-refractivity contribution in [2.75, 3.05) is 13.1 Å². The molecule has 4 nitrogen and oxygen atoms in total. The Morgan fingerprint density at radius 1 is 1.19 bits per heavy atom. The molecule has 0 aliphatic carbocycles. The van der Waals surface area contributed by atoms with Crippen LogP contribution in [-0.4, -0.2) is 35.0 Å². The van der Waals surface area contributed by atoms with Gasteiger partial charge in [0.05, 0.1) is 5.92 Å². The Morgan fingerprint density at radius 2 is 1.81 bits per heavy atom. The van der Waals surface area contributed by atoms with E-state index in [1.54, 1.807) is 0 Å². The van der Waals surface area contributed by atoms with E-state index in [-0.39, 0.29) is 24.3 Å². The number of rotatable bonds is 8. The van der Waals surface area contributed by atoms with Gasteiger partial charge in [-0.25, -0.2) is 0 Å². The predicted molar refractivity (Wildman–Crippen MR) is 83.1 cm³/mol. The van der Waals surface area contributed by atoms with Gasteiger partial charge in [-0.2, -0.15) is 0 Å². The molecule has 0 aliphatic rings. The molecule has 0 spiro atoms. The summed E-state index contributed by atoms with van der Waals surface area (Å²) in [4.78, 5) is 25.3. The van der Waals surface area contributed by atoms with Crippen molar-refractivity contribution < 1.29 is 14.7 Å². The molecule has 21 heavy (non-hydrogen) atoms. The zero-order chi connectivity index (χ0) is 15.8. The summed E-state index contributed by atoms with van der Waals surface area (Å²) in [5.41, 5.74) is 0.961. The van der Waals surface area contributed by atoms with E-state index in [4.69, 9.17) is 5.11 Å². The lowest BCUT2D eigenvalue weighted by molar-refractivity contribution is -0.145. The maximum atomic E-state index is 12.8. The standard InChI is InChI=1S/C17H25NO3/c1-4-11-18(12-15(19)20)17(21)16(13(3)5-2)14-9-7-6-8-10-14/h6-10,13,16H,4-5,11-12H2,1-3H3,(H,19,20). The quantitative estimate of drug-likeness (QED) is 0.800. The van der Waals surface area contributed by atoms with Crippen LogP contribution in [0.1, 0.15) is 45.1 Å². The van der Waals surface area contributed by atoms with Gasteiger partial charge in [0.25, 0.3) is 0 Å². The zero-order valence-corrected chi connectivity index (χ0v) is 13.1. The van der Waals surface area contributed by atoms with Crippen LogP contribution in [0, 0.1) is 5.92 Å². The van der Waals surface area contributed by atoms with Crippen molar-refractivity contribution in [3.8, 4) is 0 Å². The molecule has 0 saturated carbocycles. The van der Waals surface area contributed by atoms with E-state index in [2.05, 4.69) is 6.92 Å². The lowest BCUT2D eigenvalue weighted by atomic mass is 9.84. The van der Waals surface area contributed by atoms with Gasteiger partial charge in [0.2, 0.25) is 5.91 Å². The Labute approximate surface area is 126 Å². The largest absolute Gasteiger partial charge is 0.480 e. The lowest BCUT2D eigenvalue weighted by Gasteiger charge is -2.29. The minimum absolute atomic E-state index is 0.0835. The maximum Gasteiger partial charge on any atom is 0.323 e. The van der Waals surface area contributed by atoms with Crippen molar-refractivity contribution in [1.29, 1.82) is 0 Å². The Bertz CT molecular complexity index is 458. The van der Waals surface area contributed by atoms with Crippen LogP contribution < -0.4 is 0 Å². The Balaban J connectivity index is 3.06. The highest BCUT2D eigenvalue weighted by Crippen LogP contribution is 2.29. The Hall–Kier alpha value is -1.84. The second-order valence-electron chi connectivity index (χ2n) is 5.43. The second-order valence-corrected chi connectivity index (χ2v) is 5.43. The first-order chi connectivity index (χ1) is 10.0. The average Bonchev–Trinajstić information content (AvgIpc) is 2.47. The summed E-state index contributed by atoms with van der Waals surface area (Å²) in [6.45, 7) is 6.29. The summed E-state index contributed by atoms with van der Waals surface area (Å²) in [6, 6.07) is 9.64. The molecule has 2 unspecified atom stereocenters. The summed E-state index contributed by atoms with van der Waals surface area (Å²) >= 11 is 0. The molecule has 1 aromatic rings. The number of nitrogens with zero attached hydrogens (tertiary/aromatic N) is 1. The monoisotopic (exact) mass is 291 g/mol. The van der Waals surface area contributed by atoms with E-state index < -0.39 is 5.97 Å². The van der Waals surface area contributed by atoms with Crippen molar-refractivity contribution in [1.82, 2.24) is 4.90 Å². The predicted octanol–water partition coefficient (Wildman–Crippen LogP) is 3.14. The molecule has 0 saturated heterocycles. The van der Waals surface area contributed by atoms with Gasteiger partial charge in [0.1, 0.15) is 6.54 Å². The maximum absolute atomic E-state index is 12.8. The first kappa shape index (κ1) is 17.2. The number of aliphatic carboxylic acids is 1. The van der Waals surface area contributed by atoms with Crippen LogP contribution in [0.25, 0.3) is 0 Å². The molecule has 1 N–H and O–H groups in total. The normalized spacial score (nSPS) is 13.5. The third kappa shape index (κ3) is 4.88. The SMILES string of the molecule is CCCN(CC(=O)O)C(=O)C(c1ccccc1)C(C)CC. The topological polar surface area (TPSA) is 57.6 Å². The molecule has 0 aliphatic heterocycles. The molecule has 4 heteroatoms. The van der Waals surface area contributed by atoms with Crippen LogP contribution in [0.2, 0.25) is 0 Å². The van der Waals surface area contributed by atoms with Crippen LogP contribution in [0.4, 0.5) is 0 Å². The highest BCUT2D eigenvalue weighted by molar-refractivity contribution is 5.87. The molecule has 1 aromatic carbocycles. The van der Waals surface area contributed by atoms with Gasteiger partial charge in [-0.1, -0.05) is 57.5 Å². The summed E-state index contributed by atoms with van der Waals surface area (Å²) < 4.78 is 0. The van der Waals surface area contributed by atoms with Crippen LogP contribution in [-0.2, 0) is 9.59 Å². The molecule has 1 amide bonds. The van der Waals surface area contributed by atoms with Crippen LogP contribution in [0.3, 0.4) is 0 Å². The Morgan fingerprint density at radius 3 is 2.29 bits per heavy atom. The number of carboxylic acids is 1. The van der Waals surface area contributed by atoms with Crippen LogP contribution in [0.15, 0.2) is 30.3 Å². The van der Waals surface area contributed by atoms with Crippen LogP contribution >= 0.6 is 0 Å². The number of hydrogen-bond acceptors (Lipinski definition) is 2. The summed E-state index contributed by atoms with van der Waals surface area (Å²) in [6.07, 6.45) is 1.62. The van der Waals surface area contributed by atoms with E-state index in [0.717, 1.165) is 18.4 Å². The van der Waals surface area contributed by atoms with E-state index in [1.807, 2.05) is 44.2 Å². The highest BCUT2D eigenvalue weighted by atomic mass is 16.4. The fourth-order valence-corrected chi connectivity index (χ4v) is 2.51. The zero-order valence-electron chi connectivity index (χ0n) is 13.1. The lowest BCUT2D eigenvalue weighted by Crippen LogP contribution is -2.41. The van der Waals surface area contributed by atoms with Gasteiger partial charge in [0.15, 0.2) is 0 Å². The number of carboxylic acid groups (broad SMARTS) is 1. The Kier molecular flexibility index (Phi) is 6.92. The molecule has 1 rings (SSSR count). The van der Waals surface area contributed by atoms with Crippen molar-refractivity contribution in [3.05, 3.63) is 35.9 Å². The number of benzene rings is 1. The molecule has 0 aromatic heterocycles. The highest BCUT2D eigenvalue weighted by Gasteiger charge is 2.30. The van der Waals surface area contributed by atoms with Crippen LogP contribution in [0.5, 0.6) is 0 Å². The first-order valence-corrected chi connectivity index (χ1v) is 7.56. The van der Waals surface area contributed by atoms with E-state index in [0.29, 0.717) is 6.54 Å². The van der Waals surface area contributed by atoms with Gasteiger partial charge in [-0.15, -0.1) is 0 Å². The molecule has 0 bridgehead atoms. The number of carbonyl (C=O) groups is 2. The van der Waals surface area contributed by atoms with Crippen molar-refractivity contribution in [2.24, 2.45) is 5.92 Å². The van der Waals surface area contributed by atoms with Gasteiger partial charge in [-0.05, 0) is 17.9 Å². The summed E-state index contributed by atoms with van der Waals surface area (Å²) in [7, 11) is 0. The minimum Gasteiger partial charge on any atom is -0.480 e. The molecule has 0 heterocycles. The molecule has 0 fully saturated rings. The number of carbonyl (C=O) groups excluding carboxylic acids is 1. The van der Waals surface area contributed by atoms with E-state index in [1.165, 1.54) is 4.90 Å². The molecular formula is C17H25NO3. The molecule has 116 valence electrons. The second kappa shape index (κ2) is 8.45. The van der Waals surface area contributed by atoms with Crippen molar-refractivity contribution in [2.45, 2.75) is 39.5 Å². The van der Waals surface area contributed by atoms with Crippen molar-refractivity contribution >= 4 is 11.9 Å².